The minimum Gasteiger partial charge on any atom is -0.459 e. The molecular formula is C14H12BrN3O2. The minimum atomic E-state index is -0.632. The van der Waals surface area contributed by atoms with Crippen molar-refractivity contribution in [2.24, 2.45) is 0 Å². The second-order valence-electron chi connectivity index (χ2n) is 4.38. The molecule has 0 spiro atoms. The smallest absolute Gasteiger partial charge is 0.349 e. The van der Waals surface area contributed by atoms with Crippen LogP contribution in [-0.2, 0) is 9.53 Å². The predicted molar refractivity (Wildman–Crippen MR) is 77.7 cm³/mol. The van der Waals surface area contributed by atoms with Gasteiger partial charge in [0.05, 0.1) is 18.0 Å². The van der Waals surface area contributed by atoms with Gasteiger partial charge in [0.15, 0.2) is 0 Å². The lowest BCUT2D eigenvalue weighted by Gasteiger charge is -2.06. The van der Waals surface area contributed by atoms with Gasteiger partial charge in [-0.1, -0.05) is 0 Å². The fourth-order valence-electron chi connectivity index (χ4n) is 1.64. The summed E-state index contributed by atoms with van der Waals surface area (Å²) >= 11 is 3.37. The molecule has 0 saturated heterocycles. The van der Waals surface area contributed by atoms with Gasteiger partial charge in [-0.2, -0.15) is 5.26 Å². The number of rotatable bonds is 3. The Morgan fingerprint density at radius 1 is 1.55 bits per heavy atom. The molecule has 0 N–H and O–H groups in total. The summed E-state index contributed by atoms with van der Waals surface area (Å²) in [5.41, 5.74) is 1.31. The zero-order valence-electron chi connectivity index (χ0n) is 11.0. The number of nitriles is 1. The monoisotopic (exact) mass is 333 g/mol. The number of carbonyl (C=O) groups is 1. The zero-order valence-corrected chi connectivity index (χ0v) is 12.6. The number of carbonyl (C=O) groups excluding carboxylic acids is 1. The maximum Gasteiger partial charge on any atom is 0.349 e. The SMILES string of the molecule is CC(C)OC(=O)C(C#N)=Cc1cnc2ccc(Br)cn12. The van der Waals surface area contributed by atoms with E-state index in [0.29, 0.717) is 5.69 Å². The molecule has 0 aliphatic rings. The number of hydrogen-bond acceptors (Lipinski definition) is 4. The summed E-state index contributed by atoms with van der Waals surface area (Å²) in [6, 6.07) is 5.56. The molecule has 2 heterocycles. The van der Waals surface area contributed by atoms with E-state index in [1.807, 2.05) is 24.4 Å². The molecule has 102 valence electrons. The van der Waals surface area contributed by atoms with Crippen LogP contribution in [0.3, 0.4) is 0 Å². The molecule has 0 aliphatic heterocycles. The molecule has 2 aromatic rings. The predicted octanol–water partition coefficient (Wildman–Crippen LogP) is 2.96. The number of pyridine rings is 1. The molecule has 2 rings (SSSR count). The highest BCUT2D eigenvalue weighted by Crippen LogP contribution is 2.16. The molecule has 0 aromatic carbocycles. The number of imidazole rings is 1. The molecule has 0 amide bonds. The highest BCUT2D eigenvalue weighted by atomic mass is 79.9. The van der Waals surface area contributed by atoms with Crippen molar-refractivity contribution in [3.63, 3.8) is 0 Å². The van der Waals surface area contributed by atoms with E-state index in [0.717, 1.165) is 10.1 Å². The maximum absolute atomic E-state index is 11.8. The lowest BCUT2D eigenvalue weighted by molar-refractivity contribution is -0.142. The van der Waals surface area contributed by atoms with Crippen molar-refractivity contribution < 1.29 is 9.53 Å². The van der Waals surface area contributed by atoms with Crippen LogP contribution < -0.4 is 0 Å². The van der Waals surface area contributed by atoms with Crippen LogP contribution in [0.4, 0.5) is 0 Å². The van der Waals surface area contributed by atoms with Crippen molar-refractivity contribution in [3.05, 3.63) is 40.3 Å². The second kappa shape index (κ2) is 5.88. The van der Waals surface area contributed by atoms with E-state index >= 15 is 0 Å². The van der Waals surface area contributed by atoms with Crippen LogP contribution in [0, 0.1) is 11.3 Å². The lowest BCUT2D eigenvalue weighted by atomic mass is 10.2. The summed E-state index contributed by atoms with van der Waals surface area (Å²) in [5.74, 6) is -0.632. The summed E-state index contributed by atoms with van der Waals surface area (Å²) < 4.78 is 7.68. The molecule has 0 fully saturated rings. The summed E-state index contributed by atoms with van der Waals surface area (Å²) in [7, 11) is 0. The van der Waals surface area contributed by atoms with Gasteiger partial charge in [-0.05, 0) is 48.0 Å². The van der Waals surface area contributed by atoms with Crippen molar-refractivity contribution >= 4 is 33.6 Å². The molecule has 0 unspecified atom stereocenters. The van der Waals surface area contributed by atoms with Crippen LogP contribution in [0.25, 0.3) is 11.7 Å². The summed E-state index contributed by atoms with van der Waals surface area (Å²) in [6.45, 7) is 3.47. The van der Waals surface area contributed by atoms with Crippen molar-refractivity contribution in [2.75, 3.05) is 0 Å². The normalized spacial score (nSPS) is 11.7. The van der Waals surface area contributed by atoms with Crippen LogP contribution in [0.15, 0.2) is 34.6 Å². The quantitative estimate of drug-likeness (QED) is 0.492. The number of fused-ring (bicyclic) bond motifs is 1. The van der Waals surface area contributed by atoms with Gasteiger partial charge in [-0.25, -0.2) is 9.78 Å². The van der Waals surface area contributed by atoms with Crippen LogP contribution in [0.1, 0.15) is 19.5 Å². The number of aromatic nitrogens is 2. The largest absolute Gasteiger partial charge is 0.459 e. The summed E-state index contributed by atoms with van der Waals surface area (Å²) in [5, 5.41) is 9.08. The topological polar surface area (TPSA) is 67.4 Å². The molecule has 0 radical (unpaired) electrons. The van der Waals surface area contributed by atoms with Gasteiger partial charge in [0.25, 0.3) is 0 Å². The molecule has 0 aliphatic carbocycles. The van der Waals surface area contributed by atoms with Crippen molar-refractivity contribution in [3.8, 4) is 6.07 Å². The van der Waals surface area contributed by atoms with Crippen LogP contribution in [0.2, 0.25) is 0 Å². The van der Waals surface area contributed by atoms with Crippen LogP contribution >= 0.6 is 15.9 Å². The van der Waals surface area contributed by atoms with E-state index in [4.69, 9.17) is 10.00 Å². The first-order valence-corrected chi connectivity index (χ1v) is 6.76. The molecular weight excluding hydrogens is 322 g/mol. The molecule has 0 atom stereocenters. The van der Waals surface area contributed by atoms with Gasteiger partial charge < -0.3 is 4.74 Å². The summed E-state index contributed by atoms with van der Waals surface area (Å²) in [6.07, 6.45) is 4.62. The first kappa shape index (κ1) is 14.3. The second-order valence-corrected chi connectivity index (χ2v) is 5.30. The third kappa shape index (κ3) is 3.06. The first-order chi connectivity index (χ1) is 9.51. The Labute approximate surface area is 124 Å². The number of hydrogen-bond donors (Lipinski definition) is 0. The van der Waals surface area contributed by atoms with Crippen molar-refractivity contribution in [1.82, 2.24) is 9.38 Å². The van der Waals surface area contributed by atoms with Crippen molar-refractivity contribution in [2.45, 2.75) is 20.0 Å². The van der Waals surface area contributed by atoms with Crippen LogP contribution in [-0.4, -0.2) is 21.5 Å². The highest BCUT2D eigenvalue weighted by molar-refractivity contribution is 9.10. The Morgan fingerprint density at radius 3 is 2.95 bits per heavy atom. The Balaban J connectivity index is 2.42. The number of halogens is 1. The van der Waals surface area contributed by atoms with Gasteiger partial charge in [0.2, 0.25) is 0 Å². The third-order valence-electron chi connectivity index (χ3n) is 2.47. The van der Waals surface area contributed by atoms with Crippen molar-refractivity contribution in [1.29, 1.82) is 5.26 Å². The fourth-order valence-corrected chi connectivity index (χ4v) is 1.98. The van der Waals surface area contributed by atoms with Crippen LogP contribution in [0.5, 0.6) is 0 Å². The average molecular weight is 334 g/mol. The van der Waals surface area contributed by atoms with Gasteiger partial charge in [-0.3, -0.25) is 4.40 Å². The molecule has 6 heteroatoms. The minimum absolute atomic E-state index is 0.0551. The Kier molecular flexibility index (Phi) is 4.20. The van der Waals surface area contributed by atoms with E-state index in [-0.39, 0.29) is 11.7 Å². The molecule has 20 heavy (non-hydrogen) atoms. The Hall–Kier alpha value is -2.13. The molecule has 0 saturated carbocycles. The maximum atomic E-state index is 11.8. The van der Waals surface area contributed by atoms with E-state index in [1.165, 1.54) is 6.08 Å². The number of ether oxygens (including phenoxy) is 1. The van der Waals surface area contributed by atoms with E-state index in [2.05, 4.69) is 20.9 Å². The van der Waals surface area contributed by atoms with Gasteiger partial charge in [0.1, 0.15) is 17.3 Å². The van der Waals surface area contributed by atoms with Gasteiger partial charge in [-0.15, -0.1) is 0 Å². The molecule has 5 nitrogen and oxygen atoms in total. The van der Waals surface area contributed by atoms with E-state index in [9.17, 15) is 4.79 Å². The first-order valence-electron chi connectivity index (χ1n) is 5.96. The Morgan fingerprint density at radius 2 is 2.30 bits per heavy atom. The summed E-state index contributed by atoms with van der Waals surface area (Å²) in [4.78, 5) is 16.0. The fraction of sp³-hybridized carbons (Fsp3) is 0.214. The third-order valence-corrected chi connectivity index (χ3v) is 2.94. The average Bonchev–Trinajstić information content (AvgIpc) is 2.77. The molecule has 0 bridgehead atoms. The highest BCUT2D eigenvalue weighted by Gasteiger charge is 2.13. The molecule has 2 aromatic heterocycles. The van der Waals surface area contributed by atoms with E-state index in [1.54, 1.807) is 24.4 Å². The van der Waals surface area contributed by atoms with Gasteiger partial charge >= 0.3 is 5.97 Å². The Bertz CT molecular complexity index is 726. The number of nitrogens with zero attached hydrogens (tertiary/aromatic N) is 3. The standard InChI is InChI=1S/C14H12BrN3O2/c1-9(2)20-14(19)10(6-16)5-12-7-17-13-4-3-11(15)8-18(12)13/h3-5,7-9H,1-2H3. The zero-order chi connectivity index (χ0) is 14.7. The number of esters is 1. The van der Waals surface area contributed by atoms with Gasteiger partial charge in [0, 0.05) is 10.7 Å². The lowest BCUT2D eigenvalue weighted by Crippen LogP contribution is -2.12. The van der Waals surface area contributed by atoms with E-state index < -0.39 is 5.97 Å².